The van der Waals surface area contributed by atoms with Gasteiger partial charge in [0, 0.05) is 12.5 Å². The zero-order valence-electron chi connectivity index (χ0n) is 16.4. The smallest absolute Gasteiger partial charge is 0.322 e. The van der Waals surface area contributed by atoms with Crippen LogP contribution in [0.1, 0.15) is 31.2 Å². The van der Waals surface area contributed by atoms with Gasteiger partial charge in [0.05, 0.1) is 0 Å². The molecule has 3 fully saturated rings. The summed E-state index contributed by atoms with van der Waals surface area (Å²) in [6, 6.07) is 5.97. The van der Waals surface area contributed by atoms with E-state index >= 15 is 0 Å². The molecule has 7 heteroatoms. The number of nitrogens with zero attached hydrogens (tertiary/aromatic N) is 2. The highest BCUT2D eigenvalue weighted by Crippen LogP contribution is 2.37. The molecule has 0 unspecified atom stereocenters. The molecule has 0 radical (unpaired) electrons. The summed E-state index contributed by atoms with van der Waals surface area (Å²) >= 11 is 0. The van der Waals surface area contributed by atoms with Crippen molar-refractivity contribution in [1.29, 1.82) is 0 Å². The number of hydrogen-bond donors (Lipinski definition) is 2. The predicted octanol–water partition coefficient (Wildman–Crippen LogP) is 1.75. The van der Waals surface area contributed by atoms with Crippen LogP contribution in [0.25, 0.3) is 0 Å². The van der Waals surface area contributed by atoms with Crippen LogP contribution in [0, 0.1) is 11.7 Å². The SMILES string of the molecule is CN1CCC(N2C(=O)N[C@@](Cc3ccc(F)cc3)(C3CCNCC3)C2=O)CC1. The monoisotopic (exact) mass is 388 g/mol. The summed E-state index contributed by atoms with van der Waals surface area (Å²) in [5, 5.41) is 6.45. The first-order chi connectivity index (χ1) is 13.5. The summed E-state index contributed by atoms with van der Waals surface area (Å²) in [5.41, 5.74) is -0.0563. The Bertz CT molecular complexity index is 726. The molecule has 0 aromatic heterocycles. The summed E-state index contributed by atoms with van der Waals surface area (Å²) in [5.74, 6) is -0.316. The van der Waals surface area contributed by atoms with Crippen molar-refractivity contribution in [2.75, 3.05) is 33.2 Å². The van der Waals surface area contributed by atoms with Gasteiger partial charge in [-0.25, -0.2) is 9.18 Å². The molecule has 0 bridgehead atoms. The number of rotatable bonds is 4. The van der Waals surface area contributed by atoms with E-state index in [1.165, 1.54) is 17.0 Å². The lowest BCUT2D eigenvalue weighted by Crippen LogP contribution is -2.58. The molecule has 0 aliphatic carbocycles. The maximum Gasteiger partial charge on any atom is 0.325 e. The number of hydrogen-bond acceptors (Lipinski definition) is 4. The molecule has 3 heterocycles. The minimum absolute atomic E-state index is 0.0412. The number of urea groups is 1. The largest absolute Gasteiger partial charge is 0.325 e. The van der Waals surface area contributed by atoms with E-state index in [1.807, 2.05) is 0 Å². The molecule has 152 valence electrons. The second-order valence-electron chi connectivity index (χ2n) is 8.44. The average Bonchev–Trinajstić information content (AvgIpc) is 2.96. The molecule has 3 aliphatic heterocycles. The number of imide groups is 1. The van der Waals surface area contributed by atoms with Crippen LogP contribution in [0.15, 0.2) is 24.3 Å². The molecule has 1 atom stereocenters. The van der Waals surface area contributed by atoms with Crippen LogP contribution in [-0.2, 0) is 11.2 Å². The summed E-state index contributed by atoms with van der Waals surface area (Å²) in [4.78, 5) is 30.4. The van der Waals surface area contributed by atoms with Crippen LogP contribution < -0.4 is 10.6 Å². The molecule has 3 amide bonds. The minimum atomic E-state index is -0.930. The zero-order valence-corrected chi connectivity index (χ0v) is 16.4. The van der Waals surface area contributed by atoms with Crippen molar-refractivity contribution in [1.82, 2.24) is 20.4 Å². The van der Waals surface area contributed by atoms with Crippen molar-refractivity contribution in [2.24, 2.45) is 5.92 Å². The van der Waals surface area contributed by atoms with E-state index in [-0.39, 0.29) is 29.7 Å². The van der Waals surface area contributed by atoms with Crippen LogP contribution >= 0.6 is 0 Å². The van der Waals surface area contributed by atoms with Crippen LogP contribution in [0.4, 0.5) is 9.18 Å². The second-order valence-corrected chi connectivity index (χ2v) is 8.44. The maximum absolute atomic E-state index is 13.7. The van der Waals surface area contributed by atoms with Crippen molar-refractivity contribution in [2.45, 2.75) is 43.7 Å². The average molecular weight is 388 g/mol. The summed E-state index contributed by atoms with van der Waals surface area (Å²) in [7, 11) is 2.07. The summed E-state index contributed by atoms with van der Waals surface area (Å²) in [6.07, 6.45) is 3.72. The Morgan fingerprint density at radius 1 is 1.07 bits per heavy atom. The zero-order chi connectivity index (χ0) is 19.7. The van der Waals surface area contributed by atoms with E-state index in [9.17, 15) is 14.0 Å². The molecule has 0 saturated carbocycles. The molecule has 2 N–H and O–H groups in total. The lowest BCUT2D eigenvalue weighted by Gasteiger charge is -2.39. The molecule has 3 aliphatic rings. The van der Waals surface area contributed by atoms with Crippen LogP contribution in [0.3, 0.4) is 0 Å². The van der Waals surface area contributed by atoms with E-state index in [2.05, 4.69) is 22.6 Å². The van der Waals surface area contributed by atoms with Crippen LogP contribution in [0.5, 0.6) is 0 Å². The third kappa shape index (κ3) is 3.53. The Kier molecular flexibility index (Phi) is 5.38. The Morgan fingerprint density at radius 3 is 2.36 bits per heavy atom. The van der Waals surface area contributed by atoms with Crippen molar-refractivity contribution in [3.05, 3.63) is 35.6 Å². The van der Waals surface area contributed by atoms with Crippen LogP contribution in [0.2, 0.25) is 0 Å². The van der Waals surface area contributed by atoms with Crippen molar-refractivity contribution in [3.63, 3.8) is 0 Å². The van der Waals surface area contributed by atoms with E-state index < -0.39 is 5.54 Å². The number of carbonyl (C=O) groups excluding carboxylic acids is 2. The lowest BCUT2D eigenvalue weighted by atomic mass is 9.74. The highest BCUT2D eigenvalue weighted by atomic mass is 19.1. The molecule has 28 heavy (non-hydrogen) atoms. The highest BCUT2D eigenvalue weighted by Gasteiger charge is 2.57. The molecule has 1 aromatic rings. The molecular weight excluding hydrogens is 359 g/mol. The van der Waals surface area contributed by atoms with Gasteiger partial charge in [-0.3, -0.25) is 9.69 Å². The van der Waals surface area contributed by atoms with E-state index in [0.29, 0.717) is 6.42 Å². The molecule has 3 saturated heterocycles. The van der Waals surface area contributed by atoms with Crippen molar-refractivity contribution < 1.29 is 14.0 Å². The van der Waals surface area contributed by atoms with Gasteiger partial charge >= 0.3 is 6.03 Å². The van der Waals surface area contributed by atoms with Gasteiger partial charge in [0.15, 0.2) is 0 Å². The lowest BCUT2D eigenvalue weighted by molar-refractivity contribution is -0.135. The normalized spacial score (nSPS) is 28.0. The van der Waals surface area contributed by atoms with Crippen molar-refractivity contribution >= 4 is 11.9 Å². The standard InChI is InChI=1S/C21H29FN4O2/c1-25-12-8-18(9-13-25)26-19(27)21(24-20(26)28,16-6-10-23-11-7-16)14-15-2-4-17(22)5-3-15/h2-5,16,18,23H,6-14H2,1H3,(H,24,28)/t21-/m0/s1. The van der Waals surface area contributed by atoms with Gasteiger partial charge in [-0.1, -0.05) is 12.1 Å². The Labute approximate surface area is 165 Å². The van der Waals surface area contributed by atoms with Crippen molar-refractivity contribution in [3.8, 4) is 0 Å². The fourth-order valence-electron chi connectivity index (χ4n) is 4.98. The number of benzene rings is 1. The Hall–Kier alpha value is -1.99. The topological polar surface area (TPSA) is 64.7 Å². The second kappa shape index (κ2) is 7.79. The Morgan fingerprint density at radius 2 is 1.71 bits per heavy atom. The molecule has 4 rings (SSSR count). The fraction of sp³-hybridized carbons (Fsp3) is 0.619. The van der Waals surface area contributed by atoms with Crippen LogP contribution in [-0.4, -0.2) is 66.5 Å². The number of halogens is 1. The third-order valence-corrected chi connectivity index (χ3v) is 6.63. The number of piperidine rings is 2. The quantitative estimate of drug-likeness (QED) is 0.772. The Balaban J connectivity index is 1.64. The molecule has 1 aromatic carbocycles. The maximum atomic E-state index is 13.7. The molecule has 0 spiro atoms. The fourth-order valence-corrected chi connectivity index (χ4v) is 4.98. The van der Waals surface area contributed by atoms with Gasteiger partial charge in [0.2, 0.25) is 0 Å². The first kappa shape index (κ1) is 19.3. The number of amides is 3. The van der Waals surface area contributed by atoms with E-state index in [1.54, 1.807) is 12.1 Å². The molecular formula is C21H29FN4O2. The minimum Gasteiger partial charge on any atom is -0.322 e. The number of likely N-dealkylation sites (tertiary alicyclic amines) is 1. The van der Waals surface area contributed by atoms with Gasteiger partial charge in [-0.2, -0.15) is 0 Å². The van der Waals surface area contributed by atoms with Gasteiger partial charge < -0.3 is 15.5 Å². The van der Waals surface area contributed by atoms with Gasteiger partial charge in [-0.15, -0.1) is 0 Å². The van der Waals surface area contributed by atoms with Gasteiger partial charge in [0.1, 0.15) is 11.4 Å². The highest BCUT2D eigenvalue weighted by molar-refractivity contribution is 6.07. The number of nitrogens with one attached hydrogen (secondary N) is 2. The number of carbonyl (C=O) groups is 2. The molecule has 6 nitrogen and oxygen atoms in total. The first-order valence-corrected chi connectivity index (χ1v) is 10.3. The van der Waals surface area contributed by atoms with Gasteiger partial charge in [-0.05, 0) is 82.5 Å². The van der Waals surface area contributed by atoms with E-state index in [4.69, 9.17) is 0 Å². The summed E-state index contributed by atoms with van der Waals surface area (Å²) in [6.45, 7) is 3.46. The van der Waals surface area contributed by atoms with Gasteiger partial charge in [0.25, 0.3) is 5.91 Å². The third-order valence-electron chi connectivity index (χ3n) is 6.63. The summed E-state index contributed by atoms with van der Waals surface area (Å²) < 4.78 is 13.4. The predicted molar refractivity (Wildman–Crippen MR) is 104 cm³/mol. The first-order valence-electron chi connectivity index (χ1n) is 10.3. The van der Waals surface area contributed by atoms with E-state index in [0.717, 1.165) is 57.4 Å².